The van der Waals surface area contributed by atoms with Gasteiger partial charge in [0.15, 0.2) is 0 Å². The highest BCUT2D eigenvalue weighted by atomic mass is 35.5. The summed E-state index contributed by atoms with van der Waals surface area (Å²) in [5.41, 5.74) is 2.11. The Bertz CT molecular complexity index is 951. The lowest BCUT2D eigenvalue weighted by molar-refractivity contribution is 0.262. The fourth-order valence-corrected chi connectivity index (χ4v) is 2.58. The fourth-order valence-electron chi connectivity index (χ4n) is 2.41. The number of halogens is 1. The highest BCUT2D eigenvalue weighted by Crippen LogP contribution is 2.24. The molecule has 0 saturated heterocycles. The van der Waals surface area contributed by atoms with Gasteiger partial charge in [0.1, 0.15) is 18.2 Å². The van der Waals surface area contributed by atoms with E-state index in [4.69, 9.17) is 16.3 Å². The minimum atomic E-state index is -0.384. The van der Waals surface area contributed by atoms with Crippen molar-refractivity contribution in [2.75, 3.05) is 10.6 Å². The third kappa shape index (κ3) is 5.23. The Hall–Kier alpha value is -3.06. The normalized spacial score (nSPS) is 11.1. The van der Waals surface area contributed by atoms with Crippen molar-refractivity contribution in [3.05, 3.63) is 65.1 Å². The topological polar surface area (TPSA) is 91.9 Å². The van der Waals surface area contributed by atoms with Gasteiger partial charge >= 0.3 is 6.03 Å². The second-order valence-electron chi connectivity index (χ2n) is 7.28. The molecule has 2 heterocycles. The van der Waals surface area contributed by atoms with Crippen molar-refractivity contribution in [1.82, 2.24) is 15.2 Å². The van der Waals surface area contributed by atoms with Gasteiger partial charge < -0.3 is 10.1 Å². The molecular formula is C20H22ClN5O2. The van der Waals surface area contributed by atoms with E-state index in [0.29, 0.717) is 22.3 Å². The summed E-state index contributed by atoms with van der Waals surface area (Å²) in [5.74, 6) is 1.17. The summed E-state index contributed by atoms with van der Waals surface area (Å²) < 4.78 is 5.67. The molecule has 8 heteroatoms. The first-order valence-electron chi connectivity index (χ1n) is 8.76. The van der Waals surface area contributed by atoms with Crippen LogP contribution in [0.1, 0.15) is 32.0 Å². The second-order valence-corrected chi connectivity index (χ2v) is 7.69. The number of nitrogens with one attached hydrogen (secondary N) is 3. The van der Waals surface area contributed by atoms with Crippen LogP contribution in [0.4, 0.5) is 16.3 Å². The molecule has 0 aliphatic carbocycles. The van der Waals surface area contributed by atoms with Gasteiger partial charge in [0.05, 0.1) is 11.9 Å². The first-order chi connectivity index (χ1) is 13.3. The molecule has 0 spiro atoms. The number of aromatic amines is 1. The van der Waals surface area contributed by atoms with Gasteiger partial charge in [-0.15, -0.1) is 0 Å². The number of nitrogens with zero attached hydrogens (tertiary/aromatic N) is 2. The van der Waals surface area contributed by atoms with Gasteiger partial charge in [-0.25, -0.2) is 4.79 Å². The number of anilines is 2. The predicted octanol–water partition coefficient (Wildman–Crippen LogP) is 4.98. The number of hydrogen-bond donors (Lipinski definition) is 3. The zero-order chi connectivity index (χ0) is 20.1. The standard InChI is InChI=1S/C20H22ClN5O2/c1-20(2,3)17-10-18(26-25-17)24-19(27)23-14-6-7-16(21)13(9-14)12-28-15-5-4-8-22-11-15/h4-11H,12H2,1-3H3,(H3,23,24,25,26,27). The third-order valence-electron chi connectivity index (χ3n) is 3.93. The van der Waals surface area contributed by atoms with Gasteiger partial charge in [-0.05, 0) is 30.3 Å². The molecule has 7 nitrogen and oxygen atoms in total. The summed E-state index contributed by atoms with van der Waals surface area (Å²) in [5, 5.41) is 13.1. The van der Waals surface area contributed by atoms with E-state index in [2.05, 4.69) is 46.6 Å². The molecule has 0 atom stereocenters. The van der Waals surface area contributed by atoms with Crippen LogP contribution >= 0.6 is 11.6 Å². The van der Waals surface area contributed by atoms with Gasteiger partial charge in [0.25, 0.3) is 0 Å². The fraction of sp³-hybridized carbons (Fsp3) is 0.250. The van der Waals surface area contributed by atoms with E-state index >= 15 is 0 Å². The minimum absolute atomic E-state index is 0.105. The largest absolute Gasteiger partial charge is 0.487 e. The molecule has 28 heavy (non-hydrogen) atoms. The molecule has 3 rings (SSSR count). The zero-order valence-electron chi connectivity index (χ0n) is 15.9. The molecule has 0 aliphatic rings. The molecule has 0 radical (unpaired) electrons. The quantitative estimate of drug-likeness (QED) is 0.564. The Kier molecular flexibility index (Phi) is 5.84. The van der Waals surface area contributed by atoms with E-state index < -0.39 is 0 Å². The number of carbonyl (C=O) groups is 1. The molecule has 0 aliphatic heterocycles. The predicted molar refractivity (Wildman–Crippen MR) is 110 cm³/mol. The molecule has 2 aromatic heterocycles. The van der Waals surface area contributed by atoms with Crippen LogP contribution in [0.25, 0.3) is 0 Å². The Morgan fingerprint density at radius 1 is 1.21 bits per heavy atom. The van der Waals surface area contributed by atoms with E-state index in [1.54, 1.807) is 36.7 Å². The van der Waals surface area contributed by atoms with E-state index in [0.717, 1.165) is 11.3 Å². The summed E-state index contributed by atoms with van der Waals surface area (Å²) in [6, 6.07) is 10.2. The van der Waals surface area contributed by atoms with Gasteiger partial charge in [0, 0.05) is 34.0 Å². The smallest absolute Gasteiger partial charge is 0.324 e. The maximum atomic E-state index is 12.3. The van der Waals surface area contributed by atoms with Crippen molar-refractivity contribution >= 4 is 29.1 Å². The lowest BCUT2D eigenvalue weighted by Gasteiger charge is -2.13. The van der Waals surface area contributed by atoms with Crippen LogP contribution in [-0.4, -0.2) is 21.2 Å². The van der Waals surface area contributed by atoms with E-state index in [-0.39, 0.29) is 18.1 Å². The number of hydrogen-bond acceptors (Lipinski definition) is 4. The summed E-state index contributed by atoms with van der Waals surface area (Å²) in [4.78, 5) is 16.3. The van der Waals surface area contributed by atoms with Crippen LogP contribution in [0.5, 0.6) is 5.75 Å². The number of amides is 2. The first kappa shape index (κ1) is 19.7. The van der Waals surface area contributed by atoms with E-state index in [9.17, 15) is 4.79 Å². The minimum Gasteiger partial charge on any atom is -0.487 e. The highest BCUT2D eigenvalue weighted by molar-refractivity contribution is 6.31. The maximum absolute atomic E-state index is 12.3. The maximum Gasteiger partial charge on any atom is 0.324 e. The molecule has 2 amide bonds. The number of ether oxygens (including phenoxy) is 1. The van der Waals surface area contributed by atoms with Crippen LogP contribution in [0.3, 0.4) is 0 Å². The first-order valence-corrected chi connectivity index (χ1v) is 9.14. The Morgan fingerprint density at radius 2 is 2.04 bits per heavy atom. The van der Waals surface area contributed by atoms with Gasteiger partial charge in [-0.3, -0.25) is 15.4 Å². The molecule has 0 fully saturated rings. The van der Waals surface area contributed by atoms with Crippen molar-refractivity contribution in [3.8, 4) is 5.75 Å². The van der Waals surface area contributed by atoms with Gasteiger partial charge in [0.2, 0.25) is 0 Å². The molecule has 146 valence electrons. The van der Waals surface area contributed by atoms with E-state index in [1.807, 2.05) is 12.1 Å². The molecule has 1 aromatic carbocycles. The zero-order valence-corrected chi connectivity index (χ0v) is 16.7. The Balaban J connectivity index is 1.62. The molecule has 0 unspecified atom stereocenters. The average molecular weight is 400 g/mol. The van der Waals surface area contributed by atoms with E-state index in [1.165, 1.54) is 0 Å². The lowest BCUT2D eigenvalue weighted by atomic mass is 9.92. The lowest BCUT2D eigenvalue weighted by Crippen LogP contribution is -2.19. The van der Waals surface area contributed by atoms with Crippen molar-refractivity contribution < 1.29 is 9.53 Å². The number of carbonyl (C=O) groups excluding carboxylic acids is 1. The third-order valence-corrected chi connectivity index (χ3v) is 4.30. The number of pyridine rings is 1. The second kappa shape index (κ2) is 8.31. The van der Waals surface area contributed by atoms with Crippen LogP contribution < -0.4 is 15.4 Å². The number of urea groups is 1. The average Bonchev–Trinajstić information content (AvgIpc) is 3.12. The van der Waals surface area contributed by atoms with Gasteiger partial charge in [-0.2, -0.15) is 5.10 Å². The molecular weight excluding hydrogens is 378 g/mol. The number of benzene rings is 1. The molecule has 3 N–H and O–H groups in total. The molecule has 0 bridgehead atoms. The Labute approximate surface area is 168 Å². The van der Waals surface area contributed by atoms with Crippen LogP contribution in [0.15, 0.2) is 48.8 Å². The SMILES string of the molecule is CC(C)(C)c1cc(NC(=O)Nc2ccc(Cl)c(COc3cccnc3)c2)[nH]n1. The summed E-state index contributed by atoms with van der Waals surface area (Å²) >= 11 is 6.24. The highest BCUT2D eigenvalue weighted by Gasteiger charge is 2.18. The van der Waals surface area contributed by atoms with Crippen molar-refractivity contribution in [1.29, 1.82) is 0 Å². The van der Waals surface area contributed by atoms with Gasteiger partial charge in [-0.1, -0.05) is 32.4 Å². The molecule has 3 aromatic rings. The van der Waals surface area contributed by atoms with Crippen LogP contribution in [0, 0.1) is 0 Å². The molecule has 0 saturated carbocycles. The number of rotatable bonds is 5. The number of aromatic nitrogens is 3. The van der Waals surface area contributed by atoms with Crippen molar-refractivity contribution in [2.45, 2.75) is 32.8 Å². The number of H-pyrrole nitrogens is 1. The van der Waals surface area contributed by atoms with Crippen molar-refractivity contribution in [3.63, 3.8) is 0 Å². The summed E-state index contributed by atoms with van der Waals surface area (Å²) in [7, 11) is 0. The monoisotopic (exact) mass is 399 g/mol. The van der Waals surface area contributed by atoms with Crippen LogP contribution in [-0.2, 0) is 12.0 Å². The summed E-state index contributed by atoms with van der Waals surface area (Å²) in [6.45, 7) is 6.42. The Morgan fingerprint density at radius 3 is 2.71 bits per heavy atom. The van der Waals surface area contributed by atoms with Crippen LogP contribution in [0.2, 0.25) is 5.02 Å². The van der Waals surface area contributed by atoms with Crippen molar-refractivity contribution in [2.24, 2.45) is 0 Å². The summed E-state index contributed by atoms with van der Waals surface area (Å²) in [6.07, 6.45) is 3.30.